The second-order valence-corrected chi connectivity index (χ2v) is 8.74. The largest absolute Gasteiger partial charge is 0.468 e. The summed E-state index contributed by atoms with van der Waals surface area (Å²) in [7, 11) is 1.19. The molecular formula is C27H24N4O6. The number of nitrogens with zero attached hydrogens (tertiary/aromatic N) is 3. The smallest absolute Gasteiger partial charge is 0.325 e. The van der Waals surface area contributed by atoms with Crippen LogP contribution in [0.4, 0.5) is 11.5 Å². The zero-order valence-electron chi connectivity index (χ0n) is 20.2. The number of aromatic nitrogens is 1. The van der Waals surface area contributed by atoms with Gasteiger partial charge in [-0.3, -0.25) is 28.9 Å². The third kappa shape index (κ3) is 4.54. The fraction of sp³-hybridized carbons (Fsp3) is 0.222. The molecule has 2 aromatic carbocycles. The summed E-state index contributed by atoms with van der Waals surface area (Å²) < 4.78 is 4.65. The number of methoxy groups -OCH3 is 1. The fourth-order valence-corrected chi connectivity index (χ4v) is 4.62. The molecule has 3 atom stereocenters. The number of nitrogens with one attached hydrogen (secondary N) is 1. The van der Waals surface area contributed by atoms with Crippen molar-refractivity contribution in [1.82, 2.24) is 9.88 Å². The Balaban J connectivity index is 1.50. The lowest BCUT2D eigenvalue weighted by molar-refractivity contribution is -0.152. The Morgan fingerprint density at radius 2 is 1.76 bits per heavy atom. The van der Waals surface area contributed by atoms with E-state index in [0.717, 1.165) is 10.6 Å². The molecule has 0 radical (unpaired) electrons. The Morgan fingerprint density at radius 3 is 2.49 bits per heavy atom. The first-order valence-electron chi connectivity index (χ1n) is 11.7. The number of fused-ring (bicyclic) bond motifs is 1. The van der Waals surface area contributed by atoms with E-state index in [4.69, 9.17) is 4.84 Å². The quantitative estimate of drug-likeness (QED) is 0.406. The highest BCUT2D eigenvalue weighted by atomic mass is 16.7. The monoisotopic (exact) mass is 500 g/mol. The SMILES string of the molecule is COC(=O)CN1C(=O)[C@H]2[C@H](ON(c3ccccc3)[C@H]2c2cccc(C(=O)Nc3cccc(C)n3)c2)C1=O. The maximum Gasteiger partial charge on any atom is 0.325 e. The summed E-state index contributed by atoms with van der Waals surface area (Å²) in [6.45, 7) is 1.34. The standard InChI is InChI=1S/C27H24N4O6/c1-16-8-6-13-20(28-16)29-25(33)18-10-7-9-17(14-18)23-22-24(37-31(23)19-11-4-3-5-12-19)27(35)30(26(22)34)15-21(32)36-2/h3-14,22-24H,15H2,1-2H3,(H,28,29,33)/t22-,23+,24+/m1/s1. The molecule has 0 aliphatic carbocycles. The predicted octanol–water partition coefficient (Wildman–Crippen LogP) is 2.66. The van der Waals surface area contributed by atoms with Crippen molar-refractivity contribution in [3.8, 4) is 0 Å². The number of ether oxygens (including phenoxy) is 1. The van der Waals surface area contributed by atoms with Crippen LogP contribution in [-0.4, -0.2) is 53.3 Å². The number of hydrogen-bond acceptors (Lipinski definition) is 8. The van der Waals surface area contributed by atoms with Gasteiger partial charge in [-0.15, -0.1) is 0 Å². The van der Waals surface area contributed by atoms with Gasteiger partial charge in [0.15, 0.2) is 6.10 Å². The number of carbonyl (C=O) groups excluding carboxylic acids is 4. The highest BCUT2D eigenvalue weighted by molar-refractivity contribution is 6.09. The number of aryl methyl sites for hydroxylation is 1. The van der Waals surface area contributed by atoms with Gasteiger partial charge < -0.3 is 10.1 Å². The summed E-state index contributed by atoms with van der Waals surface area (Å²) in [6, 6.07) is 20.5. The number of para-hydroxylation sites is 1. The molecule has 10 heteroatoms. The van der Waals surface area contributed by atoms with Crippen molar-refractivity contribution in [2.24, 2.45) is 5.92 Å². The van der Waals surface area contributed by atoms with Crippen LogP contribution < -0.4 is 10.4 Å². The van der Waals surface area contributed by atoms with Gasteiger partial charge in [-0.25, -0.2) is 10.0 Å². The van der Waals surface area contributed by atoms with Crippen molar-refractivity contribution in [2.75, 3.05) is 24.0 Å². The first-order chi connectivity index (χ1) is 17.9. The Morgan fingerprint density at radius 1 is 1.00 bits per heavy atom. The molecule has 37 heavy (non-hydrogen) atoms. The number of rotatable bonds is 6. The Kier molecular flexibility index (Phi) is 6.41. The molecule has 5 rings (SSSR count). The van der Waals surface area contributed by atoms with Crippen molar-refractivity contribution in [3.63, 3.8) is 0 Å². The van der Waals surface area contributed by atoms with Gasteiger partial charge in [-0.05, 0) is 48.9 Å². The molecule has 0 bridgehead atoms. The van der Waals surface area contributed by atoms with Gasteiger partial charge in [0.1, 0.15) is 18.3 Å². The lowest BCUT2D eigenvalue weighted by Crippen LogP contribution is -2.40. The number of imide groups is 1. The normalized spacial score (nSPS) is 20.6. The third-order valence-electron chi connectivity index (χ3n) is 6.35. The lowest BCUT2D eigenvalue weighted by atomic mass is 9.89. The molecule has 3 aromatic rings. The highest BCUT2D eigenvalue weighted by Crippen LogP contribution is 2.46. The first kappa shape index (κ1) is 24.1. The number of esters is 1. The second-order valence-electron chi connectivity index (χ2n) is 8.74. The van der Waals surface area contributed by atoms with Crippen molar-refractivity contribution < 1.29 is 28.8 Å². The van der Waals surface area contributed by atoms with E-state index >= 15 is 0 Å². The maximum absolute atomic E-state index is 13.4. The van der Waals surface area contributed by atoms with E-state index in [1.54, 1.807) is 48.5 Å². The summed E-state index contributed by atoms with van der Waals surface area (Å²) in [6.07, 6.45) is -1.11. The summed E-state index contributed by atoms with van der Waals surface area (Å²) in [5.41, 5.74) is 2.35. The zero-order valence-corrected chi connectivity index (χ0v) is 20.2. The van der Waals surface area contributed by atoms with E-state index in [2.05, 4.69) is 15.0 Å². The Bertz CT molecular complexity index is 1380. The second kappa shape index (κ2) is 9.82. The molecule has 0 saturated carbocycles. The summed E-state index contributed by atoms with van der Waals surface area (Å²) in [5, 5.41) is 4.31. The molecular weight excluding hydrogens is 476 g/mol. The number of amides is 3. The molecule has 0 unspecified atom stereocenters. The number of pyridine rings is 1. The topological polar surface area (TPSA) is 118 Å². The molecule has 0 spiro atoms. The maximum atomic E-state index is 13.4. The van der Waals surface area contributed by atoms with Crippen LogP contribution in [0.2, 0.25) is 0 Å². The molecule has 3 heterocycles. The van der Waals surface area contributed by atoms with E-state index in [1.165, 1.54) is 12.2 Å². The Hall–Kier alpha value is -4.57. The summed E-state index contributed by atoms with van der Waals surface area (Å²) in [5.74, 6) is -2.73. The van der Waals surface area contributed by atoms with Crippen LogP contribution >= 0.6 is 0 Å². The van der Waals surface area contributed by atoms with E-state index in [-0.39, 0.29) is 5.91 Å². The zero-order chi connectivity index (χ0) is 26.1. The van der Waals surface area contributed by atoms with Crippen LogP contribution in [0.5, 0.6) is 0 Å². The number of hydrogen-bond donors (Lipinski definition) is 1. The van der Waals surface area contributed by atoms with E-state index in [0.29, 0.717) is 22.6 Å². The van der Waals surface area contributed by atoms with Gasteiger partial charge in [0.2, 0.25) is 5.91 Å². The van der Waals surface area contributed by atoms with Crippen LogP contribution in [0.1, 0.15) is 27.7 Å². The van der Waals surface area contributed by atoms with Gasteiger partial charge in [0.25, 0.3) is 11.8 Å². The van der Waals surface area contributed by atoms with Gasteiger partial charge in [0.05, 0.1) is 18.8 Å². The van der Waals surface area contributed by atoms with Crippen molar-refractivity contribution in [1.29, 1.82) is 0 Å². The molecule has 1 aromatic heterocycles. The van der Waals surface area contributed by atoms with E-state index < -0.39 is 42.4 Å². The van der Waals surface area contributed by atoms with Gasteiger partial charge in [-0.2, -0.15) is 0 Å². The molecule has 10 nitrogen and oxygen atoms in total. The van der Waals surface area contributed by atoms with Crippen LogP contribution in [0.15, 0.2) is 72.8 Å². The predicted molar refractivity (Wildman–Crippen MR) is 132 cm³/mol. The molecule has 2 aliphatic heterocycles. The minimum atomic E-state index is -1.11. The van der Waals surface area contributed by atoms with Crippen LogP contribution in [0.25, 0.3) is 0 Å². The van der Waals surface area contributed by atoms with Crippen molar-refractivity contribution >= 4 is 35.2 Å². The molecule has 2 fully saturated rings. The highest BCUT2D eigenvalue weighted by Gasteiger charge is 2.60. The van der Waals surface area contributed by atoms with E-state index in [1.807, 2.05) is 31.2 Å². The number of hydroxylamine groups is 1. The average Bonchev–Trinajstić information content (AvgIpc) is 3.41. The number of likely N-dealkylation sites (tertiary alicyclic amines) is 1. The molecule has 3 amide bonds. The number of carbonyl (C=O) groups is 4. The first-order valence-corrected chi connectivity index (χ1v) is 11.7. The average molecular weight is 501 g/mol. The molecule has 2 saturated heterocycles. The molecule has 2 aliphatic rings. The van der Waals surface area contributed by atoms with Gasteiger partial charge >= 0.3 is 5.97 Å². The van der Waals surface area contributed by atoms with Crippen molar-refractivity contribution in [2.45, 2.75) is 19.1 Å². The van der Waals surface area contributed by atoms with Gasteiger partial charge in [0, 0.05) is 11.3 Å². The minimum Gasteiger partial charge on any atom is -0.468 e. The van der Waals surface area contributed by atoms with Crippen LogP contribution in [0, 0.1) is 12.8 Å². The fourth-order valence-electron chi connectivity index (χ4n) is 4.62. The molecule has 188 valence electrons. The van der Waals surface area contributed by atoms with Gasteiger partial charge in [-0.1, -0.05) is 36.4 Å². The lowest BCUT2D eigenvalue weighted by Gasteiger charge is -2.28. The third-order valence-corrected chi connectivity index (χ3v) is 6.35. The molecule has 1 N–H and O–H groups in total. The summed E-state index contributed by atoms with van der Waals surface area (Å²) >= 11 is 0. The Labute approximate surface area is 212 Å². The van der Waals surface area contributed by atoms with Crippen LogP contribution in [0.3, 0.4) is 0 Å². The summed E-state index contributed by atoms with van der Waals surface area (Å²) in [4.78, 5) is 62.6. The van der Waals surface area contributed by atoms with E-state index in [9.17, 15) is 19.2 Å². The van der Waals surface area contributed by atoms with Crippen molar-refractivity contribution in [3.05, 3.63) is 89.6 Å². The van der Waals surface area contributed by atoms with Crippen LogP contribution in [-0.2, 0) is 24.0 Å². The minimum absolute atomic E-state index is 0.348. The number of benzene rings is 2. The number of anilines is 2.